The molecule has 0 atom stereocenters. The monoisotopic (exact) mass is 259 g/mol. The molecule has 0 unspecified atom stereocenters. The number of rotatable bonds is 7. The fourth-order valence-corrected chi connectivity index (χ4v) is 1.79. The fourth-order valence-electron chi connectivity index (χ4n) is 1.79. The van der Waals surface area contributed by atoms with Crippen LogP contribution in [0.3, 0.4) is 0 Å². The van der Waals surface area contributed by atoms with Gasteiger partial charge in [-0.05, 0) is 37.4 Å². The lowest BCUT2D eigenvalue weighted by molar-refractivity contribution is 0.284. The van der Waals surface area contributed by atoms with Crippen LogP contribution in [0.2, 0.25) is 0 Å². The second-order valence-electron chi connectivity index (χ2n) is 4.78. The molecule has 0 amide bonds. The summed E-state index contributed by atoms with van der Waals surface area (Å²) in [5.41, 5.74) is 0. The van der Waals surface area contributed by atoms with Crippen LogP contribution >= 0.6 is 0 Å². The maximum absolute atomic E-state index is 5.55. The van der Waals surface area contributed by atoms with Crippen molar-refractivity contribution < 1.29 is 9.26 Å². The van der Waals surface area contributed by atoms with Gasteiger partial charge in [-0.25, -0.2) is 0 Å². The van der Waals surface area contributed by atoms with Gasteiger partial charge in [-0.3, -0.25) is 0 Å². The third-order valence-corrected chi connectivity index (χ3v) is 3.03. The first-order chi connectivity index (χ1) is 9.40. The molecule has 1 saturated carbocycles. The molecule has 1 aliphatic rings. The summed E-state index contributed by atoms with van der Waals surface area (Å²) in [5, 5.41) is 7.21. The summed E-state index contributed by atoms with van der Waals surface area (Å²) in [5.74, 6) is 2.85. The van der Waals surface area contributed by atoms with E-state index in [0.717, 1.165) is 18.2 Å². The summed E-state index contributed by atoms with van der Waals surface area (Å²) in [6, 6.07) is 9.61. The Morgan fingerprint density at radius 2 is 2.11 bits per heavy atom. The Bertz CT molecular complexity index is 508. The van der Waals surface area contributed by atoms with E-state index in [1.165, 1.54) is 12.8 Å². The molecule has 1 aliphatic carbocycles. The molecular formula is C14H17N3O2. The van der Waals surface area contributed by atoms with E-state index in [-0.39, 0.29) is 0 Å². The van der Waals surface area contributed by atoms with E-state index in [1.54, 1.807) is 0 Å². The molecule has 1 heterocycles. The van der Waals surface area contributed by atoms with E-state index >= 15 is 0 Å². The maximum atomic E-state index is 5.55. The molecule has 5 heteroatoms. The summed E-state index contributed by atoms with van der Waals surface area (Å²) in [6.45, 7) is 2.00. The molecule has 0 aliphatic heterocycles. The second kappa shape index (κ2) is 5.84. The van der Waals surface area contributed by atoms with E-state index in [9.17, 15) is 0 Å². The van der Waals surface area contributed by atoms with Crippen molar-refractivity contribution >= 4 is 0 Å². The van der Waals surface area contributed by atoms with Gasteiger partial charge in [0.05, 0.1) is 6.54 Å². The van der Waals surface area contributed by atoms with Crippen molar-refractivity contribution in [2.45, 2.75) is 26.0 Å². The normalized spacial score (nSPS) is 14.5. The van der Waals surface area contributed by atoms with Gasteiger partial charge >= 0.3 is 0 Å². The summed E-state index contributed by atoms with van der Waals surface area (Å²) < 4.78 is 10.7. The summed E-state index contributed by atoms with van der Waals surface area (Å²) in [7, 11) is 0. The first-order valence-electron chi connectivity index (χ1n) is 6.60. The fraction of sp³-hybridized carbons (Fsp3) is 0.429. The quantitative estimate of drug-likeness (QED) is 0.825. The van der Waals surface area contributed by atoms with Crippen LogP contribution in [0.5, 0.6) is 5.75 Å². The molecule has 0 bridgehead atoms. The van der Waals surface area contributed by atoms with Gasteiger partial charge in [0.1, 0.15) is 5.75 Å². The zero-order valence-corrected chi connectivity index (χ0v) is 10.7. The number of para-hydroxylation sites is 1. The Morgan fingerprint density at radius 1 is 1.26 bits per heavy atom. The third-order valence-electron chi connectivity index (χ3n) is 3.03. The predicted octanol–water partition coefficient (Wildman–Crippen LogP) is 2.15. The molecule has 1 aromatic carbocycles. The largest absolute Gasteiger partial charge is 0.485 e. The SMILES string of the molecule is c1ccc(OCc2noc(CNCC3CC3)n2)cc1. The number of hydrogen-bond donors (Lipinski definition) is 1. The standard InChI is InChI=1S/C14H17N3O2/c1-2-4-12(5-3-1)18-10-13-16-14(19-17-13)9-15-8-11-6-7-11/h1-5,11,15H,6-10H2. The lowest BCUT2D eigenvalue weighted by Crippen LogP contribution is -2.16. The Balaban J connectivity index is 1.44. The van der Waals surface area contributed by atoms with Gasteiger partial charge in [0.15, 0.2) is 6.61 Å². The van der Waals surface area contributed by atoms with Crippen LogP contribution < -0.4 is 10.1 Å². The van der Waals surface area contributed by atoms with Crippen molar-refractivity contribution in [1.82, 2.24) is 15.5 Å². The first kappa shape index (κ1) is 12.2. The molecule has 3 rings (SSSR count). The van der Waals surface area contributed by atoms with Crippen molar-refractivity contribution in [3.63, 3.8) is 0 Å². The van der Waals surface area contributed by atoms with Crippen LogP contribution in [-0.2, 0) is 13.2 Å². The van der Waals surface area contributed by atoms with Crippen LogP contribution in [0.1, 0.15) is 24.6 Å². The molecule has 0 saturated heterocycles. The third kappa shape index (κ3) is 3.79. The van der Waals surface area contributed by atoms with Crippen LogP contribution in [0.15, 0.2) is 34.9 Å². The van der Waals surface area contributed by atoms with Crippen molar-refractivity contribution in [3.8, 4) is 5.75 Å². The zero-order chi connectivity index (χ0) is 12.9. The minimum absolute atomic E-state index is 0.330. The van der Waals surface area contributed by atoms with Gasteiger partial charge in [-0.2, -0.15) is 4.98 Å². The smallest absolute Gasteiger partial charge is 0.240 e. The molecule has 5 nitrogen and oxygen atoms in total. The summed E-state index contributed by atoms with van der Waals surface area (Å²) in [4.78, 5) is 4.28. The predicted molar refractivity (Wildman–Crippen MR) is 69.5 cm³/mol. The highest BCUT2D eigenvalue weighted by Gasteiger charge is 2.20. The molecule has 0 radical (unpaired) electrons. The lowest BCUT2D eigenvalue weighted by atomic mass is 10.3. The molecule has 1 aromatic heterocycles. The van der Waals surface area contributed by atoms with Crippen LogP contribution in [0.4, 0.5) is 0 Å². The Kier molecular flexibility index (Phi) is 3.74. The van der Waals surface area contributed by atoms with Crippen molar-refractivity contribution in [3.05, 3.63) is 42.0 Å². The molecule has 100 valence electrons. The molecular weight excluding hydrogens is 242 g/mol. The molecule has 2 aromatic rings. The van der Waals surface area contributed by atoms with Crippen molar-refractivity contribution in [1.29, 1.82) is 0 Å². The van der Waals surface area contributed by atoms with E-state index in [0.29, 0.717) is 24.9 Å². The van der Waals surface area contributed by atoms with Gasteiger partial charge in [0.25, 0.3) is 0 Å². The summed E-state index contributed by atoms with van der Waals surface area (Å²) in [6.07, 6.45) is 2.68. The topological polar surface area (TPSA) is 60.2 Å². The highest BCUT2D eigenvalue weighted by atomic mass is 16.5. The minimum Gasteiger partial charge on any atom is -0.485 e. The van der Waals surface area contributed by atoms with E-state index in [1.807, 2.05) is 30.3 Å². The second-order valence-corrected chi connectivity index (χ2v) is 4.78. The lowest BCUT2D eigenvalue weighted by Gasteiger charge is -2.01. The average molecular weight is 259 g/mol. The molecule has 1 fully saturated rings. The minimum atomic E-state index is 0.330. The van der Waals surface area contributed by atoms with E-state index < -0.39 is 0 Å². The average Bonchev–Trinajstić information content (AvgIpc) is 3.16. The maximum Gasteiger partial charge on any atom is 0.240 e. The van der Waals surface area contributed by atoms with Gasteiger partial charge in [-0.1, -0.05) is 23.4 Å². The number of nitrogens with one attached hydrogen (secondary N) is 1. The molecule has 19 heavy (non-hydrogen) atoms. The van der Waals surface area contributed by atoms with E-state index in [2.05, 4.69) is 15.5 Å². The van der Waals surface area contributed by atoms with Gasteiger partial charge < -0.3 is 14.6 Å². The molecule has 0 spiro atoms. The van der Waals surface area contributed by atoms with Crippen molar-refractivity contribution in [2.24, 2.45) is 5.92 Å². The highest BCUT2D eigenvalue weighted by Crippen LogP contribution is 2.27. The number of hydrogen-bond acceptors (Lipinski definition) is 5. The van der Waals surface area contributed by atoms with Crippen LogP contribution in [-0.4, -0.2) is 16.7 Å². The Hall–Kier alpha value is -1.88. The van der Waals surface area contributed by atoms with Gasteiger partial charge in [0.2, 0.25) is 11.7 Å². The summed E-state index contributed by atoms with van der Waals surface area (Å²) >= 11 is 0. The zero-order valence-electron chi connectivity index (χ0n) is 10.7. The highest BCUT2D eigenvalue weighted by molar-refractivity contribution is 5.20. The van der Waals surface area contributed by atoms with Crippen LogP contribution in [0.25, 0.3) is 0 Å². The number of aromatic nitrogens is 2. The van der Waals surface area contributed by atoms with Gasteiger partial charge in [-0.15, -0.1) is 0 Å². The number of ether oxygens (including phenoxy) is 1. The van der Waals surface area contributed by atoms with E-state index in [4.69, 9.17) is 9.26 Å². The Morgan fingerprint density at radius 3 is 2.89 bits per heavy atom. The van der Waals surface area contributed by atoms with Gasteiger partial charge in [0, 0.05) is 0 Å². The number of benzene rings is 1. The first-order valence-corrected chi connectivity index (χ1v) is 6.60. The number of nitrogens with zero attached hydrogens (tertiary/aromatic N) is 2. The van der Waals surface area contributed by atoms with Crippen LogP contribution in [0, 0.1) is 5.92 Å². The molecule has 1 N–H and O–H groups in total. The van der Waals surface area contributed by atoms with Crippen molar-refractivity contribution in [2.75, 3.05) is 6.54 Å². The Labute approximate surface area is 112 Å².